The zero-order chi connectivity index (χ0) is 12.2. The summed E-state index contributed by atoms with van der Waals surface area (Å²) < 4.78 is 11.0. The van der Waals surface area contributed by atoms with Crippen LogP contribution in [0.2, 0.25) is 0 Å². The molecular weight excluding hydrogens is 214 g/mol. The summed E-state index contributed by atoms with van der Waals surface area (Å²) in [6, 6.07) is 2.34. The summed E-state index contributed by atoms with van der Waals surface area (Å²) in [5, 5.41) is 0. The average molecular weight is 233 g/mol. The Morgan fingerprint density at radius 1 is 1.24 bits per heavy atom. The molecule has 0 aromatic heterocycles. The van der Waals surface area contributed by atoms with Gasteiger partial charge in [0.05, 0.1) is 0 Å². The van der Waals surface area contributed by atoms with Crippen LogP contribution in [0.4, 0.5) is 0 Å². The van der Waals surface area contributed by atoms with E-state index in [0.717, 1.165) is 11.5 Å². The minimum Gasteiger partial charge on any atom is -0.454 e. The van der Waals surface area contributed by atoms with Gasteiger partial charge in [0.25, 0.3) is 0 Å². The number of fused-ring (bicyclic) bond motifs is 1. The highest BCUT2D eigenvalue weighted by molar-refractivity contribution is 5.58. The third kappa shape index (κ3) is 1.38. The summed E-state index contributed by atoms with van der Waals surface area (Å²) in [5.41, 5.74) is 10.2. The van der Waals surface area contributed by atoms with Crippen LogP contribution in [0.15, 0.2) is 6.07 Å². The van der Waals surface area contributed by atoms with Gasteiger partial charge in [-0.05, 0) is 56.4 Å². The highest BCUT2D eigenvalue weighted by atomic mass is 16.7. The molecule has 1 atom stereocenters. The Labute approximate surface area is 102 Å². The van der Waals surface area contributed by atoms with E-state index in [1.807, 2.05) is 0 Å². The topological polar surface area (TPSA) is 44.5 Å². The van der Waals surface area contributed by atoms with Crippen LogP contribution in [-0.4, -0.2) is 12.8 Å². The van der Waals surface area contributed by atoms with Crippen LogP contribution in [0.25, 0.3) is 0 Å². The maximum Gasteiger partial charge on any atom is 0.231 e. The van der Waals surface area contributed by atoms with E-state index in [9.17, 15) is 0 Å². The normalized spacial score (nSPS) is 21.4. The fourth-order valence-corrected chi connectivity index (χ4v) is 2.92. The Kier molecular flexibility index (Phi) is 2.17. The lowest BCUT2D eigenvalue weighted by molar-refractivity contribution is 0.173. The van der Waals surface area contributed by atoms with Crippen molar-refractivity contribution in [2.45, 2.75) is 45.1 Å². The minimum absolute atomic E-state index is 0.176. The predicted octanol–water partition coefficient (Wildman–Crippen LogP) is 2.41. The molecule has 2 aliphatic rings. The smallest absolute Gasteiger partial charge is 0.231 e. The Morgan fingerprint density at radius 3 is 2.53 bits per heavy atom. The fourth-order valence-electron chi connectivity index (χ4n) is 2.92. The van der Waals surface area contributed by atoms with Gasteiger partial charge in [0.2, 0.25) is 6.79 Å². The van der Waals surface area contributed by atoms with Gasteiger partial charge in [0, 0.05) is 11.5 Å². The molecule has 1 aliphatic heterocycles. The van der Waals surface area contributed by atoms with Gasteiger partial charge in [-0.1, -0.05) is 0 Å². The van der Waals surface area contributed by atoms with Crippen molar-refractivity contribution >= 4 is 0 Å². The van der Waals surface area contributed by atoms with Crippen LogP contribution in [0.1, 0.15) is 36.5 Å². The van der Waals surface area contributed by atoms with Crippen molar-refractivity contribution in [1.82, 2.24) is 0 Å². The zero-order valence-electron chi connectivity index (χ0n) is 10.7. The molecule has 0 amide bonds. The number of hydrogen-bond donors (Lipinski definition) is 1. The molecular formula is C14H19NO2. The van der Waals surface area contributed by atoms with E-state index in [0.29, 0.717) is 6.79 Å². The fraction of sp³-hybridized carbons (Fsp3) is 0.571. The molecule has 3 heteroatoms. The van der Waals surface area contributed by atoms with Crippen LogP contribution in [-0.2, 0) is 5.41 Å². The van der Waals surface area contributed by atoms with Crippen molar-refractivity contribution in [3.63, 3.8) is 0 Å². The molecule has 1 saturated carbocycles. The molecule has 92 valence electrons. The summed E-state index contributed by atoms with van der Waals surface area (Å²) in [4.78, 5) is 0. The molecule has 1 aliphatic carbocycles. The summed E-state index contributed by atoms with van der Waals surface area (Å²) in [5.74, 6) is 1.79. The first kappa shape index (κ1) is 10.9. The van der Waals surface area contributed by atoms with Crippen LogP contribution in [0, 0.1) is 13.8 Å². The van der Waals surface area contributed by atoms with E-state index in [-0.39, 0.29) is 11.5 Å². The van der Waals surface area contributed by atoms with Crippen LogP contribution < -0.4 is 15.2 Å². The van der Waals surface area contributed by atoms with Crippen molar-refractivity contribution in [1.29, 1.82) is 0 Å². The Balaban J connectivity index is 2.16. The third-order valence-electron chi connectivity index (χ3n) is 4.42. The monoisotopic (exact) mass is 233 g/mol. The maximum atomic E-state index is 6.16. The summed E-state index contributed by atoms with van der Waals surface area (Å²) in [6.07, 6.45) is 2.37. The number of benzene rings is 1. The summed E-state index contributed by atoms with van der Waals surface area (Å²) in [7, 11) is 0. The lowest BCUT2D eigenvalue weighted by Gasteiger charge is -2.24. The first-order valence-electron chi connectivity index (χ1n) is 6.22. The van der Waals surface area contributed by atoms with Crippen molar-refractivity contribution in [3.8, 4) is 11.5 Å². The molecule has 3 nitrogen and oxygen atoms in total. The second-order valence-electron chi connectivity index (χ2n) is 5.35. The number of nitrogens with two attached hydrogens (primary N) is 1. The molecule has 0 bridgehead atoms. The molecule has 1 aromatic rings. The Bertz CT molecular complexity index is 476. The van der Waals surface area contributed by atoms with Crippen molar-refractivity contribution < 1.29 is 9.47 Å². The van der Waals surface area contributed by atoms with Gasteiger partial charge in [-0.25, -0.2) is 0 Å². The Morgan fingerprint density at radius 2 is 1.94 bits per heavy atom. The average Bonchev–Trinajstić information content (AvgIpc) is 2.97. The molecule has 1 heterocycles. The molecule has 1 fully saturated rings. The predicted molar refractivity (Wildman–Crippen MR) is 66.6 cm³/mol. The molecule has 1 aromatic carbocycles. The minimum atomic E-state index is 0.176. The highest BCUT2D eigenvalue weighted by Gasteiger charge is 2.49. The second kappa shape index (κ2) is 3.39. The number of ether oxygens (including phenoxy) is 2. The van der Waals surface area contributed by atoms with Crippen molar-refractivity contribution in [3.05, 3.63) is 22.8 Å². The van der Waals surface area contributed by atoms with Crippen molar-refractivity contribution in [2.75, 3.05) is 6.79 Å². The van der Waals surface area contributed by atoms with E-state index in [1.165, 1.54) is 29.5 Å². The summed E-state index contributed by atoms with van der Waals surface area (Å²) in [6.45, 7) is 6.70. The molecule has 0 radical (unpaired) electrons. The van der Waals surface area contributed by atoms with Gasteiger partial charge in [0.15, 0.2) is 11.5 Å². The molecule has 1 unspecified atom stereocenters. The zero-order valence-corrected chi connectivity index (χ0v) is 10.7. The van der Waals surface area contributed by atoms with Gasteiger partial charge in [0.1, 0.15) is 0 Å². The van der Waals surface area contributed by atoms with Crippen LogP contribution >= 0.6 is 0 Å². The SMILES string of the molecule is Cc1c(C2(C(C)N)CC2)cc2c(c1C)OCO2. The van der Waals surface area contributed by atoms with Crippen LogP contribution in [0.5, 0.6) is 11.5 Å². The largest absolute Gasteiger partial charge is 0.454 e. The summed E-state index contributed by atoms with van der Waals surface area (Å²) >= 11 is 0. The standard InChI is InChI=1S/C14H19NO2/c1-8-9(2)13-12(16-7-17-13)6-11(8)14(4-5-14)10(3)15/h6,10H,4-5,7,15H2,1-3H3. The van der Waals surface area contributed by atoms with E-state index in [4.69, 9.17) is 15.2 Å². The number of rotatable bonds is 2. The van der Waals surface area contributed by atoms with E-state index in [1.54, 1.807) is 0 Å². The second-order valence-corrected chi connectivity index (χ2v) is 5.35. The van der Waals surface area contributed by atoms with Gasteiger partial charge in [-0.15, -0.1) is 0 Å². The lowest BCUT2D eigenvalue weighted by Crippen LogP contribution is -2.32. The molecule has 3 rings (SSSR count). The van der Waals surface area contributed by atoms with Gasteiger partial charge < -0.3 is 15.2 Å². The molecule has 0 saturated heterocycles. The maximum absolute atomic E-state index is 6.16. The molecule has 17 heavy (non-hydrogen) atoms. The first-order valence-corrected chi connectivity index (χ1v) is 6.22. The van der Waals surface area contributed by atoms with E-state index >= 15 is 0 Å². The van der Waals surface area contributed by atoms with Gasteiger partial charge in [-0.3, -0.25) is 0 Å². The van der Waals surface area contributed by atoms with Crippen molar-refractivity contribution in [2.24, 2.45) is 5.73 Å². The van der Waals surface area contributed by atoms with Gasteiger partial charge in [-0.2, -0.15) is 0 Å². The highest BCUT2D eigenvalue weighted by Crippen LogP contribution is 2.54. The Hall–Kier alpha value is -1.22. The van der Waals surface area contributed by atoms with E-state index < -0.39 is 0 Å². The molecule has 2 N–H and O–H groups in total. The van der Waals surface area contributed by atoms with E-state index in [2.05, 4.69) is 26.8 Å². The van der Waals surface area contributed by atoms with Gasteiger partial charge >= 0.3 is 0 Å². The quantitative estimate of drug-likeness (QED) is 0.853. The molecule has 0 spiro atoms. The first-order chi connectivity index (χ1) is 8.06. The lowest BCUT2D eigenvalue weighted by atomic mass is 9.84. The third-order valence-corrected chi connectivity index (χ3v) is 4.42. The van der Waals surface area contributed by atoms with Crippen LogP contribution in [0.3, 0.4) is 0 Å². The number of hydrogen-bond acceptors (Lipinski definition) is 3.